The van der Waals surface area contributed by atoms with Gasteiger partial charge in [-0.15, -0.1) is 0 Å². The molecule has 1 aromatic carbocycles. The SMILES string of the molecule is CC(C)n1cc(Br)nc1Oc1cccc(O)c1. The highest BCUT2D eigenvalue weighted by Gasteiger charge is 2.11. The third-order valence-corrected chi connectivity index (χ3v) is 2.63. The number of halogens is 1. The largest absolute Gasteiger partial charge is 0.508 e. The van der Waals surface area contributed by atoms with E-state index in [9.17, 15) is 5.11 Å². The number of aromatic hydroxyl groups is 1. The van der Waals surface area contributed by atoms with Gasteiger partial charge in [-0.25, -0.2) is 0 Å². The summed E-state index contributed by atoms with van der Waals surface area (Å²) >= 11 is 3.32. The summed E-state index contributed by atoms with van der Waals surface area (Å²) in [5.41, 5.74) is 0. The molecule has 0 aliphatic carbocycles. The van der Waals surface area contributed by atoms with Crippen molar-refractivity contribution < 1.29 is 9.84 Å². The summed E-state index contributed by atoms with van der Waals surface area (Å²) in [5.74, 6) is 0.731. The van der Waals surface area contributed by atoms with Gasteiger partial charge in [0.1, 0.15) is 16.1 Å². The Hall–Kier alpha value is -1.49. The summed E-state index contributed by atoms with van der Waals surface area (Å²) in [6.07, 6.45) is 1.86. The van der Waals surface area contributed by atoms with E-state index in [1.807, 2.05) is 24.6 Å². The van der Waals surface area contributed by atoms with Crippen molar-refractivity contribution in [2.45, 2.75) is 19.9 Å². The highest BCUT2D eigenvalue weighted by Crippen LogP contribution is 2.27. The zero-order chi connectivity index (χ0) is 12.4. The molecule has 0 atom stereocenters. The molecule has 17 heavy (non-hydrogen) atoms. The molecule has 1 N–H and O–H groups in total. The van der Waals surface area contributed by atoms with E-state index in [0.717, 1.165) is 4.60 Å². The molecule has 5 heteroatoms. The first-order valence-corrected chi connectivity index (χ1v) is 6.07. The second-order valence-corrected chi connectivity index (χ2v) is 4.76. The van der Waals surface area contributed by atoms with E-state index in [2.05, 4.69) is 20.9 Å². The van der Waals surface area contributed by atoms with Crippen LogP contribution in [0.5, 0.6) is 17.5 Å². The zero-order valence-electron chi connectivity index (χ0n) is 9.59. The topological polar surface area (TPSA) is 47.3 Å². The molecular weight excluding hydrogens is 284 g/mol. The molecule has 0 saturated carbocycles. The van der Waals surface area contributed by atoms with Crippen LogP contribution in [-0.4, -0.2) is 14.7 Å². The van der Waals surface area contributed by atoms with Crippen molar-refractivity contribution in [2.75, 3.05) is 0 Å². The maximum Gasteiger partial charge on any atom is 0.303 e. The van der Waals surface area contributed by atoms with Gasteiger partial charge in [0.2, 0.25) is 0 Å². The summed E-state index contributed by atoms with van der Waals surface area (Å²) in [6, 6.07) is 7.39. The summed E-state index contributed by atoms with van der Waals surface area (Å²) in [5, 5.41) is 9.36. The van der Waals surface area contributed by atoms with Crippen molar-refractivity contribution in [1.82, 2.24) is 9.55 Å². The Morgan fingerprint density at radius 2 is 2.18 bits per heavy atom. The quantitative estimate of drug-likeness (QED) is 0.939. The molecule has 1 heterocycles. The summed E-state index contributed by atoms with van der Waals surface area (Å²) < 4.78 is 8.27. The highest BCUT2D eigenvalue weighted by molar-refractivity contribution is 9.10. The number of hydrogen-bond acceptors (Lipinski definition) is 3. The third kappa shape index (κ3) is 2.79. The predicted octanol–water partition coefficient (Wildman–Crippen LogP) is 3.72. The lowest BCUT2D eigenvalue weighted by Gasteiger charge is -2.11. The molecule has 0 radical (unpaired) electrons. The number of aromatic nitrogens is 2. The van der Waals surface area contributed by atoms with E-state index >= 15 is 0 Å². The first-order chi connectivity index (χ1) is 8.06. The van der Waals surface area contributed by atoms with Crippen LogP contribution in [0.4, 0.5) is 0 Å². The van der Waals surface area contributed by atoms with Crippen molar-refractivity contribution in [1.29, 1.82) is 0 Å². The van der Waals surface area contributed by atoms with Gasteiger partial charge < -0.3 is 9.84 Å². The van der Waals surface area contributed by atoms with E-state index in [0.29, 0.717) is 11.8 Å². The standard InChI is InChI=1S/C12H13BrN2O2/c1-8(2)15-7-11(13)14-12(15)17-10-5-3-4-9(16)6-10/h3-8,16H,1-2H3. The van der Waals surface area contributed by atoms with E-state index in [1.165, 1.54) is 0 Å². The lowest BCUT2D eigenvalue weighted by molar-refractivity contribution is 0.392. The van der Waals surface area contributed by atoms with Crippen LogP contribution in [0.25, 0.3) is 0 Å². The lowest BCUT2D eigenvalue weighted by atomic mass is 10.3. The monoisotopic (exact) mass is 296 g/mol. The average Bonchev–Trinajstić information content (AvgIpc) is 2.59. The minimum atomic E-state index is 0.171. The van der Waals surface area contributed by atoms with Crippen molar-refractivity contribution in [2.24, 2.45) is 0 Å². The number of nitrogens with zero attached hydrogens (tertiary/aromatic N) is 2. The molecule has 0 unspecified atom stereocenters. The molecule has 2 aromatic rings. The van der Waals surface area contributed by atoms with Gasteiger partial charge in [-0.2, -0.15) is 4.98 Å². The van der Waals surface area contributed by atoms with Gasteiger partial charge >= 0.3 is 6.01 Å². The maximum atomic E-state index is 9.36. The van der Waals surface area contributed by atoms with Crippen LogP contribution in [0.1, 0.15) is 19.9 Å². The molecule has 0 spiro atoms. The van der Waals surface area contributed by atoms with Gasteiger partial charge in [0, 0.05) is 18.3 Å². The molecule has 0 fully saturated rings. The van der Waals surface area contributed by atoms with E-state index in [-0.39, 0.29) is 11.8 Å². The van der Waals surface area contributed by atoms with Gasteiger partial charge in [-0.05, 0) is 41.9 Å². The molecule has 0 aliphatic heterocycles. The first-order valence-electron chi connectivity index (χ1n) is 5.27. The molecule has 0 aliphatic rings. The van der Waals surface area contributed by atoms with E-state index in [1.54, 1.807) is 24.3 Å². The molecule has 0 amide bonds. The second kappa shape index (κ2) is 4.79. The van der Waals surface area contributed by atoms with E-state index in [4.69, 9.17) is 4.74 Å². The molecule has 1 aromatic heterocycles. The van der Waals surface area contributed by atoms with Gasteiger partial charge in [0.15, 0.2) is 0 Å². The summed E-state index contributed by atoms with van der Waals surface area (Å²) in [7, 11) is 0. The van der Waals surface area contributed by atoms with Gasteiger partial charge in [-0.3, -0.25) is 4.57 Å². The average molecular weight is 297 g/mol. The number of imidazole rings is 1. The maximum absolute atomic E-state index is 9.36. The fourth-order valence-electron chi connectivity index (χ4n) is 1.45. The van der Waals surface area contributed by atoms with E-state index < -0.39 is 0 Å². The minimum absolute atomic E-state index is 0.171. The van der Waals surface area contributed by atoms with Gasteiger partial charge in [0.05, 0.1) is 0 Å². The fraction of sp³-hybridized carbons (Fsp3) is 0.250. The minimum Gasteiger partial charge on any atom is -0.508 e. The van der Waals surface area contributed by atoms with Crippen LogP contribution in [-0.2, 0) is 0 Å². The smallest absolute Gasteiger partial charge is 0.303 e. The molecule has 4 nitrogen and oxygen atoms in total. The van der Waals surface area contributed by atoms with Crippen molar-refractivity contribution in [3.05, 3.63) is 35.1 Å². The lowest BCUT2D eigenvalue weighted by Crippen LogP contribution is -2.01. The molecule has 90 valence electrons. The van der Waals surface area contributed by atoms with Gasteiger partial charge in [-0.1, -0.05) is 6.07 Å². The van der Waals surface area contributed by atoms with Crippen LogP contribution in [0, 0.1) is 0 Å². The summed E-state index contributed by atoms with van der Waals surface area (Å²) in [4.78, 5) is 4.23. The Kier molecular flexibility index (Phi) is 3.38. The molecular formula is C12H13BrN2O2. The Balaban J connectivity index is 2.29. The molecule has 0 bridgehead atoms. The van der Waals surface area contributed by atoms with Crippen molar-refractivity contribution >= 4 is 15.9 Å². The second-order valence-electron chi connectivity index (χ2n) is 3.95. The van der Waals surface area contributed by atoms with Crippen molar-refractivity contribution in [3.8, 4) is 17.5 Å². The molecule has 2 rings (SSSR count). The van der Waals surface area contributed by atoms with Crippen LogP contribution < -0.4 is 4.74 Å². The first kappa shape index (κ1) is 12.0. The van der Waals surface area contributed by atoms with Crippen LogP contribution in [0.15, 0.2) is 35.1 Å². The Labute approximate surface area is 108 Å². The fourth-order valence-corrected chi connectivity index (χ4v) is 1.82. The van der Waals surface area contributed by atoms with Gasteiger partial charge in [0.25, 0.3) is 0 Å². The number of phenols is 1. The summed E-state index contributed by atoms with van der Waals surface area (Å²) in [6.45, 7) is 4.09. The van der Waals surface area contributed by atoms with Crippen LogP contribution in [0.2, 0.25) is 0 Å². The Bertz CT molecular complexity index is 523. The Morgan fingerprint density at radius 1 is 1.41 bits per heavy atom. The zero-order valence-corrected chi connectivity index (χ0v) is 11.2. The number of phenolic OH excluding ortho intramolecular Hbond substituents is 1. The number of ether oxygens (including phenoxy) is 1. The van der Waals surface area contributed by atoms with Crippen LogP contribution in [0.3, 0.4) is 0 Å². The predicted molar refractivity (Wildman–Crippen MR) is 68.5 cm³/mol. The third-order valence-electron chi connectivity index (χ3n) is 2.25. The van der Waals surface area contributed by atoms with Crippen molar-refractivity contribution in [3.63, 3.8) is 0 Å². The highest BCUT2D eigenvalue weighted by atomic mass is 79.9. The number of hydrogen-bond donors (Lipinski definition) is 1. The van der Waals surface area contributed by atoms with Crippen LogP contribution >= 0.6 is 15.9 Å². The number of rotatable bonds is 3. The number of benzene rings is 1. The normalized spacial score (nSPS) is 10.8. The molecule has 0 saturated heterocycles. The Morgan fingerprint density at radius 3 is 2.82 bits per heavy atom.